The molecule has 1 unspecified atom stereocenters. The largest absolute Gasteiger partial charge is 0.381 e. The standard InChI is InChI=1S/C16H24F2N4O3/c1-10(11-2-6-16(17,18)7-3-11)19-13-20-14(23)22(15(24)21-13)12-4-8-25-9-5-12/h10-12H,2-9H2,1H3,(H2,19,20,21,23,24). The van der Waals surface area contributed by atoms with Crippen LogP contribution in [0, 0.1) is 5.92 Å². The van der Waals surface area contributed by atoms with Gasteiger partial charge in [-0.3, -0.25) is 4.98 Å². The van der Waals surface area contributed by atoms with E-state index in [2.05, 4.69) is 15.3 Å². The molecule has 2 N–H and O–H groups in total. The Hall–Kier alpha value is -1.77. The van der Waals surface area contributed by atoms with Crippen LogP contribution < -0.4 is 16.7 Å². The van der Waals surface area contributed by atoms with E-state index >= 15 is 0 Å². The number of rotatable bonds is 4. The third-order valence-electron chi connectivity index (χ3n) is 5.25. The number of aromatic amines is 1. The number of halogens is 2. The molecule has 2 heterocycles. The molecule has 0 radical (unpaired) electrons. The highest BCUT2D eigenvalue weighted by atomic mass is 19.3. The molecule has 1 saturated heterocycles. The summed E-state index contributed by atoms with van der Waals surface area (Å²) < 4.78 is 32.9. The first-order valence-corrected chi connectivity index (χ1v) is 8.81. The predicted molar refractivity (Wildman–Crippen MR) is 88.2 cm³/mol. The smallest absolute Gasteiger partial charge is 0.355 e. The molecule has 140 valence electrons. The molecule has 1 saturated carbocycles. The van der Waals surface area contributed by atoms with E-state index in [1.165, 1.54) is 0 Å². The van der Waals surface area contributed by atoms with Crippen molar-refractivity contribution in [2.75, 3.05) is 18.5 Å². The second-order valence-corrected chi connectivity index (χ2v) is 7.01. The Labute approximate surface area is 143 Å². The van der Waals surface area contributed by atoms with E-state index in [4.69, 9.17) is 4.74 Å². The zero-order valence-electron chi connectivity index (χ0n) is 14.3. The minimum Gasteiger partial charge on any atom is -0.381 e. The summed E-state index contributed by atoms with van der Waals surface area (Å²) in [6.45, 7) is 2.89. The topological polar surface area (TPSA) is 89.0 Å². The summed E-state index contributed by atoms with van der Waals surface area (Å²) in [6.07, 6.45) is 1.77. The Balaban J connectivity index is 1.69. The van der Waals surface area contributed by atoms with E-state index in [1.54, 1.807) is 0 Å². The maximum atomic E-state index is 13.3. The summed E-state index contributed by atoms with van der Waals surface area (Å²) in [5.41, 5.74) is -1.10. The average Bonchev–Trinajstić information content (AvgIpc) is 2.55. The van der Waals surface area contributed by atoms with Crippen LogP contribution in [0.4, 0.5) is 14.7 Å². The van der Waals surface area contributed by atoms with E-state index in [0.717, 1.165) is 4.57 Å². The quantitative estimate of drug-likeness (QED) is 0.858. The van der Waals surface area contributed by atoms with Gasteiger partial charge >= 0.3 is 11.4 Å². The molecule has 1 aliphatic heterocycles. The molecule has 1 aliphatic carbocycles. The number of aromatic nitrogens is 3. The first-order chi connectivity index (χ1) is 11.9. The van der Waals surface area contributed by atoms with Crippen molar-refractivity contribution < 1.29 is 13.5 Å². The fraction of sp³-hybridized carbons (Fsp3) is 0.812. The number of nitrogens with one attached hydrogen (secondary N) is 2. The molecule has 7 nitrogen and oxygen atoms in total. The van der Waals surface area contributed by atoms with E-state index in [1.807, 2.05) is 6.92 Å². The zero-order chi connectivity index (χ0) is 18.0. The van der Waals surface area contributed by atoms with Crippen LogP contribution in [0.15, 0.2) is 9.59 Å². The van der Waals surface area contributed by atoms with Crippen LogP contribution in [-0.2, 0) is 4.74 Å². The molecule has 2 fully saturated rings. The van der Waals surface area contributed by atoms with Crippen LogP contribution >= 0.6 is 0 Å². The van der Waals surface area contributed by atoms with Crippen molar-refractivity contribution in [2.45, 2.75) is 63.5 Å². The van der Waals surface area contributed by atoms with Gasteiger partial charge in [0.1, 0.15) is 0 Å². The Kier molecular flexibility index (Phi) is 5.21. The summed E-state index contributed by atoms with van der Waals surface area (Å²) in [5.74, 6) is -2.42. The maximum absolute atomic E-state index is 13.3. The van der Waals surface area contributed by atoms with Gasteiger partial charge in [-0.1, -0.05) is 0 Å². The number of ether oxygens (including phenoxy) is 1. The second-order valence-electron chi connectivity index (χ2n) is 7.01. The molecule has 1 aromatic rings. The van der Waals surface area contributed by atoms with Crippen molar-refractivity contribution in [2.24, 2.45) is 5.92 Å². The van der Waals surface area contributed by atoms with Crippen molar-refractivity contribution in [3.8, 4) is 0 Å². The number of nitrogens with zero attached hydrogens (tertiary/aromatic N) is 2. The van der Waals surface area contributed by atoms with Crippen molar-refractivity contribution in [1.82, 2.24) is 14.5 Å². The second kappa shape index (κ2) is 7.23. The van der Waals surface area contributed by atoms with Gasteiger partial charge in [0.05, 0.1) is 0 Å². The van der Waals surface area contributed by atoms with Crippen LogP contribution in [0.2, 0.25) is 0 Å². The maximum Gasteiger partial charge on any atom is 0.355 e. The first-order valence-electron chi connectivity index (χ1n) is 8.81. The van der Waals surface area contributed by atoms with Gasteiger partial charge in [0.15, 0.2) is 0 Å². The van der Waals surface area contributed by atoms with Gasteiger partial charge in [-0.05, 0) is 38.5 Å². The summed E-state index contributed by atoms with van der Waals surface area (Å²) in [5, 5.41) is 3.00. The van der Waals surface area contributed by atoms with Crippen LogP contribution in [0.25, 0.3) is 0 Å². The summed E-state index contributed by atoms with van der Waals surface area (Å²) >= 11 is 0. The molecule has 1 atom stereocenters. The van der Waals surface area contributed by atoms with Gasteiger partial charge in [0, 0.05) is 38.1 Å². The lowest BCUT2D eigenvalue weighted by Gasteiger charge is -2.32. The molecule has 1 aromatic heterocycles. The summed E-state index contributed by atoms with van der Waals surface area (Å²) in [6, 6.07) is -0.359. The van der Waals surface area contributed by atoms with Gasteiger partial charge in [-0.2, -0.15) is 4.98 Å². The van der Waals surface area contributed by atoms with E-state index in [9.17, 15) is 18.4 Å². The van der Waals surface area contributed by atoms with Crippen LogP contribution in [0.5, 0.6) is 0 Å². The Morgan fingerprint density at radius 1 is 1.24 bits per heavy atom. The molecular weight excluding hydrogens is 334 g/mol. The molecule has 0 bridgehead atoms. The highest BCUT2D eigenvalue weighted by Crippen LogP contribution is 2.37. The molecule has 25 heavy (non-hydrogen) atoms. The molecule has 2 aliphatic rings. The number of alkyl halides is 2. The van der Waals surface area contributed by atoms with Gasteiger partial charge in [-0.25, -0.2) is 22.9 Å². The van der Waals surface area contributed by atoms with Gasteiger partial charge in [0.2, 0.25) is 11.9 Å². The lowest BCUT2D eigenvalue weighted by atomic mass is 9.83. The summed E-state index contributed by atoms with van der Waals surface area (Å²) in [4.78, 5) is 31.1. The molecule has 0 spiro atoms. The Morgan fingerprint density at radius 3 is 2.48 bits per heavy atom. The lowest BCUT2D eigenvalue weighted by Crippen LogP contribution is -2.43. The molecule has 3 rings (SSSR count). The summed E-state index contributed by atoms with van der Waals surface area (Å²) in [7, 11) is 0. The fourth-order valence-electron chi connectivity index (χ4n) is 3.66. The van der Waals surface area contributed by atoms with Gasteiger partial charge < -0.3 is 10.1 Å². The first kappa shape index (κ1) is 18.0. The molecule has 9 heteroatoms. The average molecular weight is 358 g/mol. The zero-order valence-corrected chi connectivity index (χ0v) is 14.3. The normalized spacial score (nSPS) is 23.3. The third-order valence-corrected chi connectivity index (χ3v) is 5.25. The fourth-order valence-corrected chi connectivity index (χ4v) is 3.66. The van der Waals surface area contributed by atoms with Crippen molar-refractivity contribution in [3.05, 3.63) is 21.0 Å². The van der Waals surface area contributed by atoms with E-state index < -0.39 is 17.3 Å². The molecular formula is C16H24F2N4O3. The Morgan fingerprint density at radius 2 is 1.88 bits per heavy atom. The predicted octanol–water partition coefficient (Wildman–Crippen LogP) is 1.91. The van der Waals surface area contributed by atoms with Gasteiger partial charge in [-0.15, -0.1) is 0 Å². The SMILES string of the molecule is CC(Nc1nc(=O)n(C2CCOCC2)c(=O)[nH]1)C1CCC(F)(F)CC1. The van der Waals surface area contributed by atoms with Crippen molar-refractivity contribution >= 4 is 5.95 Å². The number of hydrogen-bond acceptors (Lipinski definition) is 5. The highest BCUT2D eigenvalue weighted by molar-refractivity contribution is 5.23. The molecule has 0 amide bonds. The molecule has 0 aromatic carbocycles. The van der Waals surface area contributed by atoms with Crippen molar-refractivity contribution in [3.63, 3.8) is 0 Å². The lowest BCUT2D eigenvalue weighted by molar-refractivity contribution is -0.0469. The van der Waals surface area contributed by atoms with E-state index in [0.29, 0.717) is 38.9 Å². The highest BCUT2D eigenvalue weighted by Gasteiger charge is 2.36. The van der Waals surface area contributed by atoms with E-state index in [-0.39, 0.29) is 36.8 Å². The van der Waals surface area contributed by atoms with Crippen LogP contribution in [0.3, 0.4) is 0 Å². The third kappa shape index (κ3) is 4.26. The van der Waals surface area contributed by atoms with Gasteiger partial charge in [0.25, 0.3) is 0 Å². The monoisotopic (exact) mass is 358 g/mol. The minimum atomic E-state index is -2.58. The Bertz CT molecular complexity index is 671. The number of anilines is 1. The van der Waals surface area contributed by atoms with Crippen molar-refractivity contribution in [1.29, 1.82) is 0 Å². The number of hydrogen-bond donors (Lipinski definition) is 2. The number of H-pyrrole nitrogens is 1. The minimum absolute atomic E-state index is 0.0582. The van der Waals surface area contributed by atoms with Crippen LogP contribution in [0.1, 0.15) is 51.5 Å². The van der Waals surface area contributed by atoms with Crippen LogP contribution in [-0.4, -0.2) is 39.7 Å².